The molecular formula is C19H14ClFO3S. The molecule has 0 saturated carbocycles. The summed E-state index contributed by atoms with van der Waals surface area (Å²) in [6, 6.07) is 17.0. The number of halogens is 2. The van der Waals surface area contributed by atoms with E-state index < -0.39 is 10.1 Å². The van der Waals surface area contributed by atoms with Crippen LogP contribution in [-0.4, -0.2) is 8.42 Å². The fourth-order valence-corrected chi connectivity index (χ4v) is 3.51. The van der Waals surface area contributed by atoms with Crippen molar-refractivity contribution in [2.45, 2.75) is 11.8 Å². The van der Waals surface area contributed by atoms with Crippen molar-refractivity contribution in [1.82, 2.24) is 0 Å². The Bertz CT molecular complexity index is 1020. The van der Waals surface area contributed by atoms with E-state index in [1.807, 2.05) is 6.92 Å². The van der Waals surface area contributed by atoms with Gasteiger partial charge in [-0.3, -0.25) is 0 Å². The monoisotopic (exact) mass is 376 g/mol. The van der Waals surface area contributed by atoms with Crippen LogP contribution in [0.25, 0.3) is 11.1 Å². The molecule has 0 bridgehead atoms. The van der Waals surface area contributed by atoms with Crippen LogP contribution in [0.3, 0.4) is 0 Å². The second-order valence-electron chi connectivity index (χ2n) is 5.48. The molecule has 3 nitrogen and oxygen atoms in total. The lowest BCUT2D eigenvalue weighted by Crippen LogP contribution is -2.10. The second kappa shape index (κ2) is 6.86. The van der Waals surface area contributed by atoms with Crippen molar-refractivity contribution in [1.29, 1.82) is 0 Å². The molecule has 3 aromatic carbocycles. The highest BCUT2D eigenvalue weighted by Crippen LogP contribution is 2.33. The van der Waals surface area contributed by atoms with Crippen LogP contribution in [0.4, 0.5) is 4.39 Å². The van der Waals surface area contributed by atoms with Gasteiger partial charge in [0.05, 0.1) is 5.02 Å². The predicted molar refractivity (Wildman–Crippen MR) is 95.8 cm³/mol. The summed E-state index contributed by atoms with van der Waals surface area (Å²) in [5.41, 5.74) is 1.84. The summed E-state index contributed by atoms with van der Waals surface area (Å²) < 4.78 is 43.7. The largest absolute Gasteiger partial charge is 0.377 e. The van der Waals surface area contributed by atoms with E-state index in [1.54, 1.807) is 36.4 Å². The Morgan fingerprint density at radius 1 is 0.960 bits per heavy atom. The molecule has 128 valence electrons. The van der Waals surface area contributed by atoms with Gasteiger partial charge in [0.15, 0.2) is 5.75 Å². The first-order valence-corrected chi connectivity index (χ1v) is 9.21. The smallest absolute Gasteiger partial charge is 0.339 e. The second-order valence-corrected chi connectivity index (χ2v) is 7.43. The Morgan fingerprint density at radius 2 is 1.64 bits per heavy atom. The van der Waals surface area contributed by atoms with Crippen LogP contribution in [0.5, 0.6) is 5.75 Å². The van der Waals surface area contributed by atoms with Crippen LogP contribution < -0.4 is 4.18 Å². The van der Waals surface area contributed by atoms with E-state index in [0.717, 1.165) is 5.56 Å². The van der Waals surface area contributed by atoms with E-state index in [-0.39, 0.29) is 21.5 Å². The Balaban J connectivity index is 1.91. The van der Waals surface area contributed by atoms with E-state index >= 15 is 0 Å². The molecule has 0 aliphatic rings. The van der Waals surface area contributed by atoms with E-state index in [2.05, 4.69) is 0 Å². The average molecular weight is 377 g/mol. The van der Waals surface area contributed by atoms with Gasteiger partial charge in [-0.2, -0.15) is 8.42 Å². The minimum Gasteiger partial charge on any atom is -0.377 e. The highest BCUT2D eigenvalue weighted by atomic mass is 35.5. The van der Waals surface area contributed by atoms with Crippen molar-refractivity contribution >= 4 is 21.7 Å². The maximum absolute atomic E-state index is 13.9. The molecule has 0 saturated heterocycles. The molecule has 0 atom stereocenters. The van der Waals surface area contributed by atoms with Gasteiger partial charge < -0.3 is 4.18 Å². The Hall–Kier alpha value is -2.37. The van der Waals surface area contributed by atoms with Crippen LogP contribution >= 0.6 is 11.6 Å². The molecule has 0 spiro atoms. The molecule has 0 aliphatic heterocycles. The lowest BCUT2D eigenvalue weighted by atomic mass is 10.1. The molecule has 0 aliphatic carbocycles. The molecule has 0 amide bonds. The third kappa shape index (κ3) is 3.83. The van der Waals surface area contributed by atoms with Crippen molar-refractivity contribution in [2.24, 2.45) is 0 Å². The van der Waals surface area contributed by atoms with E-state index in [9.17, 15) is 12.8 Å². The minimum absolute atomic E-state index is 0.0117. The molecule has 0 radical (unpaired) electrons. The summed E-state index contributed by atoms with van der Waals surface area (Å²) in [6.45, 7) is 1.86. The van der Waals surface area contributed by atoms with Gasteiger partial charge in [-0.15, -0.1) is 0 Å². The average Bonchev–Trinajstić information content (AvgIpc) is 2.57. The molecule has 0 heterocycles. The SMILES string of the molecule is Cc1ccc(S(=O)(=O)Oc2ccc(-c3ccccc3F)cc2Cl)cc1. The molecular weight excluding hydrogens is 363 g/mol. The molecule has 25 heavy (non-hydrogen) atoms. The van der Waals surface area contributed by atoms with Crippen LogP contribution in [0.15, 0.2) is 71.6 Å². The predicted octanol–water partition coefficient (Wildman–Crippen LogP) is 5.22. The van der Waals surface area contributed by atoms with E-state index in [1.165, 1.54) is 30.3 Å². The molecule has 3 aromatic rings. The first-order valence-electron chi connectivity index (χ1n) is 7.42. The third-order valence-electron chi connectivity index (χ3n) is 3.63. The van der Waals surface area contributed by atoms with Crippen molar-refractivity contribution in [3.63, 3.8) is 0 Å². The Labute approximate surface area is 150 Å². The normalized spacial score (nSPS) is 11.3. The van der Waals surface area contributed by atoms with Gasteiger partial charge >= 0.3 is 10.1 Å². The highest BCUT2D eigenvalue weighted by molar-refractivity contribution is 7.87. The number of hydrogen-bond acceptors (Lipinski definition) is 3. The van der Waals surface area contributed by atoms with Gasteiger partial charge in [0.1, 0.15) is 10.7 Å². The third-order valence-corrected chi connectivity index (χ3v) is 5.17. The summed E-state index contributed by atoms with van der Waals surface area (Å²) in [5, 5.41) is 0.0800. The van der Waals surface area contributed by atoms with Crippen molar-refractivity contribution < 1.29 is 17.0 Å². The van der Waals surface area contributed by atoms with E-state index in [4.69, 9.17) is 15.8 Å². The quantitative estimate of drug-likeness (QED) is 0.586. The molecule has 0 aromatic heterocycles. The summed E-state index contributed by atoms with van der Waals surface area (Å²) in [7, 11) is -4.00. The zero-order chi connectivity index (χ0) is 18.0. The molecule has 0 unspecified atom stereocenters. The summed E-state index contributed by atoms with van der Waals surface area (Å²) >= 11 is 6.14. The fourth-order valence-electron chi connectivity index (χ4n) is 2.30. The maximum atomic E-state index is 13.9. The first kappa shape index (κ1) is 17.5. The van der Waals surface area contributed by atoms with Gasteiger partial charge in [0.25, 0.3) is 0 Å². The first-order chi connectivity index (χ1) is 11.9. The summed E-state index contributed by atoms with van der Waals surface area (Å²) in [5.74, 6) is -0.401. The van der Waals surface area contributed by atoms with Crippen molar-refractivity contribution in [2.75, 3.05) is 0 Å². The summed E-state index contributed by atoms with van der Waals surface area (Å²) in [6.07, 6.45) is 0. The van der Waals surface area contributed by atoms with Crippen LogP contribution in [-0.2, 0) is 10.1 Å². The molecule has 3 rings (SSSR count). The van der Waals surface area contributed by atoms with Gasteiger partial charge in [-0.25, -0.2) is 4.39 Å². The lowest BCUT2D eigenvalue weighted by molar-refractivity contribution is 0.486. The number of hydrogen-bond donors (Lipinski definition) is 0. The van der Waals surface area contributed by atoms with Crippen molar-refractivity contribution in [3.8, 4) is 16.9 Å². The summed E-state index contributed by atoms with van der Waals surface area (Å²) in [4.78, 5) is 0.0346. The number of benzene rings is 3. The zero-order valence-corrected chi connectivity index (χ0v) is 14.8. The van der Waals surface area contributed by atoms with Gasteiger partial charge in [-0.05, 0) is 42.8 Å². The van der Waals surface area contributed by atoms with Crippen molar-refractivity contribution in [3.05, 3.63) is 83.1 Å². The number of aryl methyl sites for hydroxylation is 1. The van der Waals surface area contributed by atoms with Gasteiger partial charge in [-0.1, -0.05) is 53.6 Å². The van der Waals surface area contributed by atoms with E-state index in [0.29, 0.717) is 11.1 Å². The standard InChI is InChI=1S/C19H14ClFO3S/c1-13-6-9-15(10-7-13)25(22,23)24-19-11-8-14(12-17(19)20)16-4-2-3-5-18(16)21/h2-12H,1H3. The maximum Gasteiger partial charge on any atom is 0.339 e. The van der Waals surface area contributed by atoms with Crippen LogP contribution in [0.1, 0.15) is 5.56 Å². The topological polar surface area (TPSA) is 43.4 Å². The Morgan fingerprint density at radius 3 is 2.28 bits per heavy atom. The molecule has 0 N–H and O–H groups in total. The van der Waals surface area contributed by atoms with Gasteiger partial charge in [0, 0.05) is 5.56 Å². The number of rotatable bonds is 4. The zero-order valence-electron chi connectivity index (χ0n) is 13.2. The lowest BCUT2D eigenvalue weighted by Gasteiger charge is -2.10. The Kier molecular flexibility index (Phi) is 4.79. The fraction of sp³-hybridized carbons (Fsp3) is 0.0526. The molecule has 0 fully saturated rings. The van der Waals surface area contributed by atoms with Crippen LogP contribution in [0.2, 0.25) is 5.02 Å². The van der Waals surface area contributed by atoms with Gasteiger partial charge in [0.2, 0.25) is 0 Å². The molecule has 6 heteroatoms. The van der Waals surface area contributed by atoms with Crippen LogP contribution in [0, 0.1) is 12.7 Å². The minimum atomic E-state index is -4.00. The highest BCUT2D eigenvalue weighted by Gasteiger charge is 2.18.